The average Bonchev–Trinajstić information content (AvgIpc) is 2.78. The molecule has 1 heterocycles. The molecule has 3 aromatic rings. The minimum atomic E-state index is -3.84. The van der Waals surface area contributed by atoms with Gasteiger partial charge >= 0.3 is 11.9 Å². The van der Waals surface area contributed by atoms with Gasteiger partial charge in [-0.1, -0.05) is 54.6 Å². The lowest BCUT2D eigenvalue weighted by molar-refractivity contribution is -0.131. The number of para-hydroxylation sites is 1. The van der Waals surface area contributed by atoms with Gasteiger partial charge < -0.3 is 9.47 Å². The van der Waals surface area contributed by atoms with Crippen LogP contribution in [0.1, 0.15) is 28.4 Å². The number of esters is 2. The number of carbonyl (C=O) groups is 2. The quantitative estimate of drug-likeness (QED) is 0.433. The Bertz CT molecular complexity index is 1320. The Morgan fingerprint density at radius 3 is 2.25 bits per heavy atom. The van der Waals surface area contributed by atoms with E-state index in [2.05, 4.69) is 0 Å². The first-order chi connectivity index (χ1) is 15.4. The van der Waals surface area contributed by atoms with Gasteiger partial charge in [0.25, 0.3) is 10.0 Å². The summed E-state index contributed by atoms with van der Waals surface area (Å²) in [7, 11) is -3.84. The second-order valence-electron chi connectivity index (χ2n) is 7.00. The second-order valence-corrected chi connectivity index (χ2v) is 8.86. The Labute approximate surface area is 185 Å². The molecule has 0 amide bonds. The lowest BCUT2D eigenvalue weighted by Gasteiger charge is -2.28. The standard InChI is InChI=1S/C24H19NO6S/c1-17(26)30-21-13-7-5-12-20(21)24(27)31-22-16-25(15-18-9-3-2-4-10-18)32(28,29)23-14-8-6-11-19(22)23/h2-14,16H,15H2,1H3. The molecule has 1 aliphatic rings. The highest BCUT2D eigenvalue weighted by Crippen LogP contribution is 2.34. The van der Waals surface area contributed by atoms with Gasteiger partial charge in [-0.15, -0.1) is 0 Å². The number of ether oxygens (including phenoxy) is 2. The highest BCUT2D eigenvalue weighted by molar-refractivity contribution is 7.89. The zero-order chi connectivity index (χ0) is 22.7. The van der Waals surface area contributed by atoms with E-state index in [0.29, 0.717) is 0 Å². The van der Waals surface area contributed by atoms with Crippen molar-refractivity contribution in [1.29, 1.82) is 0 Å². The largest absolute Gasteiger partial charge is 0.426 e. The smallest absolute Gasteiger partial charge is 0.347 e. The minimum Gasteiger partial charge on any atom is -0.426 e. The SMILES string of the molecule is CC(=O)Oc1ccccc1C(=O)OC1=CN(Cc2ccccc2)S(=O)(=O)c2ccccc21. The van der Waals surface area contributed by atoms with E-state index in [1.165, 1.54) is 31.3 Å². The fourth-order valence-electron chi connectivity index (χ4n) is 3.30. The third kappa shape index (κ3) is 4.26. The van der Waals surface area contributed by atoms with Gasteiger partial charge in [-0.25, -0.2) is 13.2 Å². The van der Waals surface area contributed by atoms with E-state index in [1.807, 2.05) is 30.3 Å². The third-order valence-corrected chi connectivity index (χ3v) is 6.51. The zero-order valence-corrected chi connectivity index (χ0v) is 17.9. The van der Waals surface area contributed by atoms with Gasteiger partial charge in [0.1, 0.15) is 11.3 Å². The molecular formula is C24H19NO6S. The summed E-state index contributed by atoms with van der Waals surface area (Å²) in [6.45, 7) is 1.30. The first-order valence-corrected chi connectivity index (χ1v) is 11.2. The van der Waals surface area contributed by atoms with E-state index >= 15 is 0 Å². The van der Waals surface area contributed by atoms with Crippen LogP contribution < -0.4 is 4.74 Å². The van der Waals surface area contributed by atoms with Crippen LogP contribution >= 0.6 is 0 Å². The number of carbonyl (C=O) groups excluding carboxylic acids is 2. The minimum absolute atomic E-state index is 0.0366. The van der Waals surface area contributed by atoms with E-state index in [9.17, 15) is 18.0 Å². The number of nitrogens with zero attached hydrogens (tertiary/aromatic N) is 1. The molecule has 8 heteroatoms. The lowest BCUT2D eigenvalue weighted by Crippen LogP contribution is -2.30. The van der Waals surface area contributed by atoms with Crippen molar-refractivity contribution in [2.45, 2.75) is 18.4 Å². The first-order valence-electron chi connectivity index (χ1n) is 9.73. The number of benzene rings is 3. The molecule has 0 atom stereocenters. The Balaban J connectivity index is 1.72. The van der Waals surface area contributed by atoms with Crippen LogP contribution in [0.15, 0.2) is 90.0 Å². The molecule has 7 nitrogen and oxygen atoms in total. The summed E-state index contributed by atoms with van der Waals surface area (Å²) in [6, 6.07) is 21.6. The average molecular weight is 449 g/mol. The summed E-state index contributed by atoms with van der Waals surface area (Å²) in [5.74, 6) is -1.22. The fourth-order valence-corrected chi connectivity index (χ4v) is 4.80. The van der Waals surface area contributed by atoms with E-state index < -0.39 is 22.0 Å². The molecule has 0 bridgehead atoms. The molecule has 0 spiro atoms. The Kier molecular flexibility index (Phi) is 5.79. The molecule has 0 aromatic heterocycles. The van der Waals surface area contributed by atoms with Gasteiger partial charge in [0.2, 0.25) is 0 Å². The van der Waals surface area contributed by atoms with Crippen LogP contribution in [0.2, 0.25) is 0 Å². The monoisotopic (exact) mass is 449 g/mol. The molecular weight excluding hydrogens is 430 g/mol. The van der Waals surface area contributed by atoms with E-state index in [1.54, 1.807) is 30.3 Å². The van der Waals surface area contributed by atoms with Gasteiger partial charge in [-0.05, 0) is 29.8 Å². The van der Waals surface area contributed by atoms with Crippen molar-refractivity contribution >= 4 is 27.7 Å². The number of fused-ring (bicyclic) bond motifs is 1. The molecule has 32 heavy (non-hydrogen) atoms. The number of hydrogen-bond acceptors (Lipinski definition) is 6. The molecule has 0 fully saturated rings. The van der Waals surface area contributed by atoms with Crippen LogP contribution in [0.3, 0.4) is 0 Å². The highest BCUT2D eigenvalue weighted by atomic mass is 32.2. The Hall–Kier alpha value is -3.91. The van der Waals surface area contributed by atoms with E-state index in [-0.39, 0.29) is 34.1 Å². The molecule has 0 saturated heterocycles. The fraction of sp³-hybridized carbons (Fsp3) is 0.0833. The summed E-state index contributed by atoms with van der Waals surface area (Å²) >= 11 is 0. The van der Waals surface area contributed by atoms with Crippen molar-refractivity contribution in [2.75, 3.05) is 0 Å². The molecule has 4 rings (SSSR count). The van der Waals surface area contributed by atoms with Gasteiger partial charge in [0, 0.05) is 12.5 Å². The van der Waals surface area contributed by atoms with E-state index in [0.717, 1.165) is 9.87 Å². The zero-order valence-electron chi connectivity index (χ0n) is 17.1. The Morgan fingerprint density at radius 2 is 1.50 bits per heavy atom. The molecule has 3 aromatic carbocycles. The molecule has 0 aliphatic carbocycles. The number of sulfonamides is 1. The maximum absolute atomic E-state index is 13.2. The number of hydrogen-bond donors (Lipinski definition) is 0. The predicted molar refractivity (Wildman–Crippen MR) is 117 cm³/mol. The van der Waals surface area contributed by atoms with Crippen LogP contribution in [0.5, 0.6) is 5.75 Å². The molecule has 0 saturated carbocycles. The molecule has 0 N–H and O–H groups in total. The Morgan fingerprint density at radius 1 is 0.844 bits per heavy atom. The van der Waals surface area contributed by atoms with Crippen molar-refractivity contribution in [1.82, 2.24) is 4.31 Å². The van der Waals surface area contributed by atoms with Crippen molar-refractivity contribution in [3.63, 3.8) is 0 Å². The van der Waals surface area contributed by atoms with Crippen LogP contribution in [-0.4, -0.2) is 24.7 Å². The van der Waals surface area contributed by atoms with Crippen molar-refractivity contribution < 1.29 is 27.5 Å². The topological polar surface area (TPSA) is 90.0 Å². The molecule has 162 valence electrons. The van der Waals surface area contributed by atoms with Crippen molar-refractivity contribution in [3.05, 3.63) is 102 Å². The molecule has 1 aliphatic heterocycles. The van der Waals surface area contributed by atoms with Crippen molar-refractivity contribution in [2.24, 2.45) is 0 Å². The summed E-state index contributed by atoms with van der Waals surface area (Å²) in [6.07, 6.45) is 1.30. The second kappa shape index (κ2) is 8.68. The summed E-state index contributed by atoms with van der Waals surface area (Å²) < 4.78 is 38.2. The summed E-state index contributed by atoms with van der Waals surface area (Å²) in [5.41, 5.74) is 1.09. The first kappa shape index (κ1) is 21.3. The summed E-state index contributed by atoms with van der Waals surface area (Å²) in [5, 5.41) is 0. The van der Waals surface area contributed by atoms with Crippen LogP contribution in [-0.2, 0) is 26.1 Å². The van der Waals surface area contributed by atoms with Gasteiger partial charge in [0.15, 0.2) is 5.76 Å². The summed E-state index contributed by atoms with van der Waals surface area (Å²) in [4.78, 5) is 24.3. The van der Waals surface area contributed by atoms with Gasteiger partial charge in [-0.2, -0.15) is 0 Å². The number of rotatable bonds is 5. The maximum atomic E-state index is 13.2. The van der Waals surface area contributed by atoms with Gasteiger partial charge in [0.05, 0.1) is 17.6 Å². The maximum Gasteiger partial charge on any atom is 0.347 e. The van der Waals surface area contributed by atoms with Crippen LogP contribution in [0.4, 0.5) is 0 Å². The van der Waals surface area contributed by atoms with Crippen LogP contribution in [0.25, 0.3) is 5.76 Å². The predicted octanol–water partition coefficient (Wildman–Crippen LogP) is 3.97. The third-order valence-electron chi connectivity index (χ3n) is 4.74. The van der Waals surface area contributed by atoms with Gasteiger partial charge in [-0.3, -0.25) is 9.10 Å². The lowest BCUT2D eigenvalue weighted by atomic mass is 10.1. The molecule has 0 unspecified atom stereocenters. The normalized spacial score (nSPS) is 14.2. The van der Waals surface area contributed by atoms with E-state index in [4.69, 9.17) is 9.47 Å². The van der Waals surface area contributed by atoms with Crippen LogP contribution in [0, 0.1) is 0 Å². The van der Waals surface area contributed by atoms with Crippen molar-refractivity contribution in [3.8, 4) is 5.75 Å². The molecule has 0 radical (unpaired) electrons. The highest BCUT2D eigenvalue weighted by Gasteiger charge is 2.33.